The molecule has 0 aliphatic carbocycles. The number of rotatable bonds is 43. The number of carbonyl (C=O) groups is 2. The topological polar surface area (TPSA) is 119 Å². The monoisotopic (exact) mass is 799 g/mol. The molecular formula is C46H87O8P. The highest BCUT2D eigenvalue weighted by molar-refractivity contribution is 7.46. The van der Waals surface area contributed by atoms with Crippen LogP contribution in [0.25, 0.3) is 0 Å². The molecular weight excluding hydrogens is 711 g/mol. The van der Waals surface area contributed by atoms with Crippen LogP contribution >= 0.6 is 7.82 Å². The highest BCUT2D eigenvalue weighted by Gasteiger charge is 2.23. The molecule has 1 atom stereocenters. The zero-order valence-electron chi connectivity index (χ0n) is 35.8. The van der Waals surface area contributed by atoms with Crippen molar-refractivity contribution < 1.29 is 37.9 Å². The van der Waals surface area contributed by atoms with Crippen LogP contribution < -0.4 is 0 Å². The molecule has 324 valence electrons. The summed E-state index contributed by atoms with van der Waals surface area (Å²) in [7, 11) is -4.76. The lowest BCUT2D eigenvalue weighted by Crippen LogP contribution is -2.29. The summed E-state index contributed by atoms with van der Waals surface area (Å²) in [6.45, 7) is 3.68. The van der Waals surface area contributed by atoms with Gasteiger partial charge in [-0.25, -0.2) is 4.57 Å². The van der Waals surface area contributed by atoms with Crippen molar-refractivity contribution in [3.05, 3.63) is 24.3 Å². The van der Waals surface area contributed by atoms with Gasteiger partial charge in [0.05, 0.1) is 6.61 Å². The largest absolute Gasteiger partial charge is 0.469 e. The van der Waals surface area contributed by atoms with Crippen LogP contribution in [-0.2, 0) is 28.2 Å². The number of ether oxygens (including phenoxy) is 2. The maximum atomic E-state index is 12.4. The first-order valence-corrected chi connectivity index (χ1v) is 24.7. The molecule has 0 amide bonds. The second-order valence-electron chi connectivity index (χ2n) is 15.7. The van der Waals surface area contributed by atoms with Crippen molar-refractivity contribution in [3.8, 4) is 0 Å². The molecule has 0 spiro atoms. The molecule has 0 bridgehead atoms. The lowest BCUT2D eigenvalue weighted by Gasteiger charge is -2.18. The van der Waals surface area contributed by atoms with E-state index < -0.39 is 32.5 Å². The number of allylic oxidation sites excluding steroid dienone is 4. The first kappa shape index (κ1) is 53.5. The summed E-state index contributed by atoms with van der Waals surface area (Å²) < 4.78 is 26.4. The third kappa shape index (κ3) is 45.1. The summed E-state index contributed by atoms with van der Waals surface area (Å²) in [5.74, 6) is -0.889. The van der Waals surface area contributed by atoms with Crippen molar-refractivity contribution in [2.75, 3.05) is 13.2 Å². The minimum Gasteiger partial charge on any atom is -0.462 e. The predicted octanol–water partition coefficient (Wildman–Crippen LogP) is 14.4. The Bertz CT molecular complexity index is 946. The van der Waals surface area contributed by atoms with Crippen LogP contribution in [-0.4, -0.2) is 41.0 Å². The Balaban J connectivity index is 3.82. The molecule has 0 aromatic heterocycles. The van der Waals surface area contributed by atoms with Crippen LogP contribution in [0.1, 0.15) is 239 Å². The number of phosphoric acid groups is 1. The maximum absolute atomic E-state index is 12.4. The van der Waals surface area contributed by atoms with Gasteiger partial charge in [0.15, 0.2) is 6.10 Å². The number of phosphoric ester groups is 1. The van der Waals surface area contributed by atoms with Crippen molar-refractivity contribution in [2.45, 2.75) is 245 Å². The average molecular weight is 799 g/mol. The van der Waals surface area contributed by atoms with Crippen molar-refractivity contribution in [2.24, 2.45) is 0 Å². The summed E-state index contributed by atoms with van der Waals surface area (Å²) in [5, 5.41) is 0. The number of esters is 2. The first-order valence-electron chi connectivity index (χ1n) is 23.1. The Kier molecular flexibility index (Phi) is 41.0. The van der Waals surface area contributed by atoms with Gasteiger partial charge in [-0.1, -0.05) is 205 Å². The third-order valence-corrected chi connectivity index (χ3v) is 10.7. The SMILES string of the molecule is CCCCC/C=C/C/C=C/CCCCCCCC(=O)O[C@H](COC(=O)CCCCCCCCCCCCCCCCCCCCCCCC)COP(=O)(O)O. The smallest absolute Gasteiger partial charge is 0.462 e. The summed E-state index contributed by atoms with van der Waals surface area (Å²) in [6.07, 6.45) is 49.1. The molecule has 0 aromatic carbocycles. The highest BCUT2D eigenvalue weighted by atomic mass is 31.2. The predicted molar refractivity (Wildman–Crippen MR) is 230 cm³/mol. The van der Waals surface area contributed by atoms with Crippen molar-refractivity contribution in [1.82, 2.24) is 0 Å². The minimum atomic E-state index is -4.76. The van der Waals surface area contributed by atoms with E-state index >= 15 is 0 Å². The molecule has 0 heterocycles. The second kappa shape index (κ2) is 42.1. The lowest BCUT2D eigenvalue weighted by atomic mass is 10.0. The molecule has 0 fully saturated rings. The van der Waals surface area contributed by atoms with Gasteiger partial charge in [-0.3, -0.25) is 14.1 Å². The van der Waals surface area contributed by atoms with Gasteiger partial charge in [0.25, 0.3) is 0 Å². The Morgan fingerprint density at radius 1 is 0.473 bits per heavy atom. The minimum absolute atomic E-state index is 0.199. The summed E-state index contributed by atoms with van der Waals surface area (Å²) in [5.41, 5.74) is 0. The molecule has 0 radical (unpaired) electrons. The standard InChI is InChI=1S/C46H87O8P/c1-3-5-7-9-11-13-15-17-19-20-21-22-23-24-25-27-28-30-32-34-36-38-40-45(47)52-42-44(43-53-55(49,50)51)54-46(48)41-39-37-35-33-31-29-26-18-16-14-12-10-8-6-4-2/h12,14,18,26,44H,3-11,13,15-17,19-25,27-43H2,1-2H3,(H2,49,50,51)/b14-12+,26-18+/t44-/m1/s1. The Morgan fingerprint density at radius 2 is 0.818 bits per heavy atom. The zero-order valence-corrected chi connectivity index (χ0v) is 36.7. The Morgan fingerprint density at radius 3 is 1.24 bits per heavy atom. The van der Waals surface area contributed by atoms with Gasteiger partial charge >= 0.3 is 19.8 Å². The van der Waals surface area contributed by atoms with Crippen LogP contribution in [0.4, 0.5) is 0 Å². The molecule has 0 aliphatic heterocycles. The van der Waals surface area contributed by atoms with E-state index in [0.717, 1.165) is 57.8 Å². The van der Waals surface area contributed by atoms with Gasteiger partial charge in [0.1, 0.15) is 6.61 Å². The molecule has 0 aliphatic rings. The zero-order chi connectivity index (χ0) is 40.3. The average Bonchev–Trinajstić information content (AvgIpc) is 3.16. The molecule has 0 unspecified atom stereocenters. The molecule has 0 aromatic rings. The normalized spacial score (nSPS) is 12.6. The van der Waals surface area contributed by atoms with E-state index in [9.17, 15) is 14.2 Å². The highest BCUT2D eigenvalue weighted by Crippen LogP contribution is 2.36. The van der Waals surface area contributed by atoms with Gasteiger partial charge in [0.2, 0.25) is 0 Å². The van der Waals surface area contributed by atoms with Gasteiger partial charge in [0, 0.05) is 12.8 Å². The van der Waals surface area contributed by atoms with Crippen molar-refractivity contribution in [1.29, 1.82) is 0 Å². The molecule has 8 nitrogen and oxygen atoms in total. The van der Waals surface area contributed by atoms with E-state index in [-0.39, 0.29) is 19.4 Å². The summed E-state index contributed by atoms with van der Waals surface area (Å²) >= 11 is 0. The van der Waals surface area contributed by atoms with Crippen LogP contribution in [0.3, 0.4) is 0 Å². The fraction of sp³-hybridized carbons (Fsp3) is 0.870. The molecule has 55 heavy (non-hydrogen) atoms. The quantitative estimate of drug-likeness (QED) is 0.0271. The fourth-order valence-corrected chi connectivity index (χ4v) is 7.12. The fourth-order valence-electron chi connectivity index (χ4n) is 6.76. The lowest BCUT2D eigenvalue weighted by molar-refractivity contribution is -0.161. The van der Waals surface area contributed by atoms with E-state index in [4.69, 9.17) is 19.3 Å². The van der Waals surface area contributed by atoms with Gasteiger partial charge in [-0.2, -0.15) is 0 Å². The van der Waals surface area contributed by atoms with Gasteiger partial charge in [-0.15, -0.1) is 0 Å². The molecule has 0 rings (SSSR count). The van der Waals surface area contributed by atoms with Crippen LogP contribution in [0.15, 0.2) is 24.3 Å². The van der Waals surface area contributed by atoms with Gasteiger partial charge in [-0.05, 0) is 44.9 Å². The van der Waals surface area contributed by atoms with Crippen molar-refractivity contribution >= 4 is 19.8 Å². The van der Waals surface area contributed by atoms with Gasteiger partial charge < -0.3 is 19.3 Å². The molecule has 0 saturated heterocycles. The van der Waals surface area contributed by atoms with Crippen LogP contribution in [0.2, 0.25) is 0 Å². The molecule has 0 saturated carbocycles. The second-order valence-corrected chi connectivity index (χ2v) is 17.0. The Hall–Kier alpha value is -1.47. The molecule has 2 N–H and O–H groups in total. The van der Waals surface area contributed by atoms with Crippen LogP contribution in [0.5, 0.6) is 0 Å². The maximum Gasteiger partial charge on any atom is 0.469 e. The van der Waals surface area contributed by atoms with E-state index in [1.165, 1.54) is 148 Å². The summed E-state index contributed by atoms with van der Waals surface area (Å²) in [4.78, 5) is 42.9. The number of carbonyl (C=O) groups excluding carboxylic acids is 2. The number of hydrogen-bond acceptors (Lipinski definition) is 6. The number of unbranched alkanes of at least 4 members (excludes halogenated alkanes) is 29. The molecule has 9 heteroatoms. The van der Waals surface area contributed by atoms with Crippen molar-refractivity contribution in [3.63, 3.8) is 0 Å². The third-order valence-electron chi connectivity index (χ3n) is 10.2. The van der Waals surface area contributed by atoms with E-state index in [1.807, 2.05) is 0 Å². The van der Waals surface area contributed by atoms with E-state index in [2.05, 4.69) is 42.7 Å². The van der Waals surface area contributed by atoms with E-state index in [1.54, 1.807) is 0 Å². The number of hydrogen-bond donors (Lipinski definition) is 2. The van der Waals surface area contributed by atoms with E-state index in [0.29, 0.717) is 6.42 Å². The Labute approximate surface area is 339 Å². The first-order chi connectivity index (χ1) is 26.8. The van der Waals surface area contributed by atoms with Crippen LogP contribution in [0, 0.1) is 0 Å². The summed E-state index contributed by atoms with van der Waals surface area (Å²) in [6, 6.07) is 0.